The Balaban J connectivity index is 1.46. The second-order valence-electron chi connectivity index (χ2n) is 6.86. The van der Waals surface area contributed by atoms with Crippen molar-refractivity contribution in [3.05, 3.63) is 70.6 Å². The van der Waals surface area contributed by atoms with Gasteiger partial charge in [0, 0.05) is 4.88 Å². The molecule has 1 atom stereocenters. The van der Waals surface area contributed by atoms with Gasteiger partial charge in [-0.15, -0.1) is 11.3 Å². The average Bonchev–Trinajstić information content (AvgIpc) is 3.19. The van der Waals surface area contributed by atoms with Crippen LogP contribution in [0.4, 0.5) is 5.69 Å². The highest BCUT2D eigenvalue weighted by Crippen LogP contribution is 2.39. The predicted molar refractivity (Wildman–Crippen MR) is 114 cm³/mol. The van der Waals surface area contributed by atoms with E-state index < -0.39 is 18.0 Å². The number of benzene rings is 2. The molecule has 1 heterocycles. The van der Waals surface area contributed by atoms with Crippen LogP contribution in [-0.2, 0) is 22.4 Å². The molecule has 5 nitrogen and oxygen atoms in total. The maximum absolute atomic E-state index is 12.6. The molecule has 0 aliphatic heterocycles. The highest BCUT2D eigenvalue weighted by Gasteiger charge is 2.25. The van der Waals surface area contributed by atoms with Crippen LogP contribution in [0.1, 0.15) is 27.7 Å². The van der Waals surface area contributed by atoms with Crippen molar-refractivity contribution in [1.82, 2.24) is 0 Å². The van der Waals surface area contributed by atoms with Gasteiger partial charge >= 0.3 is 5.97 Å². The monoisotopic (exact) mass is 407 g/mol. The number of carbonyl (C=O) groups is 2. The lowest BCUT2D eigenvalue weighted by Gasteiger charge is -2.15. The van der Waals surface area contributed by atoms with Gasteiger partial charge < -0.3 is 14.8 Å². The Morgan fingerprint density at radius 3 is 2.59 bits per heavy atom. The highest BCUT2D eigenvalue weighted by atomic mass is 32.1. The minimum Gasteiger partial charge on any atom is -0.495 e. The molecule has 1 aromatic heterocycles. The number of thiophene rings is 1. The molecule has 1 aliphatic carbocycles. The number of nitrogens with one attached hydrogen (secondary N) is 1. The molecular formula is C23H21NO4S. The summed E-state index contributed by atoms with van der Waals surface area (Å²) in [6, 6.07) is 17.2. The van der Waals surface area contributed by atoms with E-state index in [0.717, 1.165) is 23.3 Å². The number of esters is 1. The topological polar surface area (TPSA) is 64.6 Å². The van der Waals surface area contributed by atoms with Gasteiger partial charge in [0.2, 0.25) is 0 Å². The summed E-state index contributed by atoms with van der Waals surface area (Å²) in [4.78, 5) is 26.7. The fourth-order valence-electron chi connectivity index (χ4n) is 3.43. The summed E-state index contributed by atoms with van der Waals surface area (Å²) in [5.41, 5.74) is 4.17. The van der Waals surface area contributed by atoms with E-state index in [-0.39, 0.29) is 0 Å². The molecule has 0 spiro atoms. The van der Waals surface area contributed by atoms with Gasteiger partial charge in [0.15, 0.2) is 6.10 Å². The standard InChI is InChI=1S/C23H21NO4S/c1-14(22(25)24-18-9-5-6-10-19(18)27-2)28-23(26)20-13-16-12-11-15-7-3-4-8-17(15)21(16)29-20/h3-10,13-14H,11-12H2,1-2H3,(H,24,25)/t14-/m0/s1. The number of anilines is 1. The molecule has 1 amide bonds. The summed E-state index contributed by atoms with van der Waals surface area (Å²) in [6.45, 7) is 1.56. The van der Waals surface area contributed by atoms with Crippen LogP contribution in [0.15, 0.2) is 54.6 Å². The second kappa shape index (κ2) is 8.09. The van der Waals surface area contributed by atoms with E-state index >= 15 is 0 Å². The van der Waals surface area contributed by atoms with E-state index in [1.165, 1.54) is 29.6 Å². The van der Waals surface area contributed by atoms with Crippen LogP contribution >= 0.6 is 11.3 Å². The normalized spacial score (nSPS) is 13.0. The number of hydrogen-bond acceptors (Lipinski definition) is 5. The first-order chi connectivity index (χ1) is 14.1. The molecular weight excluding hydrogens is 386 g/mol. The van der Waals surface area contributed by atoms with Crippen molar-refractivity contribution in [3.8, 4) is 16.2 Å². The fraction of sp³-hybridized carbons (Fsp3) is 0.217. The molecule has 6 heteroatoms. The second-order valence-corrected chi connectivity index (χ2v) is 7.91. The summed E-state index contributed by atoms with van der Waals surface area (Å²) in [6.07, 6.45) is 0.936. The third kappa shape index (κ3) is 3.89. The minimum absolute atomic E-state index is 0.408. The molecule has 0 saturated carbocycles. The SMILES string of the molecule is COc1ccccc1NC(=O)[C@H](C)OC(=O)c1cc2c(s1)-c1ccccc1CC2. The molecule has 0 unspecified atom stereocenters. The third-order valence-corrected chi connectivity index (χ3v) is 6.14. The Labute approximate surface area is 173 Å². The van der Waals surface area contributed by atoms with Crippen molar-refractivity contribution < 1.29 is 19.1 Å². The molecule has 3 aromatic rings. The number of aryl methyl sites for hydroxylation is 2. The van der Waals surface area contributed by atoms with Crippen molar-refractivity contribution in [2.45, 2.75) is 25.9 Å². The average molecular weight is 407 g/mol. The van der Waals surface area contributed by atoms with Gasteiger partial charge in [-0.25, -0.2) is 4.79 Å². The first kappa shape index (κ1) is 19.2. The number of fused-ring (bicyclic) bond motifs is 3. The van der Waals surface area contributed by atoms with Crippen molar-refractivity contribution in [1.29, 1.82) is 0 Å². The lowest BCUT2D eigenvalue weighted by atomic mass is 9.91. The van der Waals surface area contributed by atoms with E-state index in [4.69, 9.17) is 9.47 Å². The lowest BCUT2D eigenvalue weighted by Crippen LogP contribution is -2.29. The van der Waals surface area contributed by atoms with Crippen LogP contribution in [0.5, 0.6) is 5.75 Å². The largest absolute Gasteiger partial charge is 0.495 e. The highest BCUT2D eigenvalue weighted by molar-refractivity contribution is 7.17. The van der Waals surface area contributed by atoms with Crippen molar-refractivity contribution in [3.63, 3.8) is 0 Å². The Hall–Kier alpha value is -3.12. The first-order valence-electron chi connectivity index (χ1n) is 9.42. The van der Waals surface area contributed by atoms with E-state index in [2.05, 4.69) is 17.4 Å². The first-order valence-corrected chi connectivity index (χ1v) is 10.2. The van der Waals surface area contributed by atoms with Crippen molar-refractivity contribution in [2.24, 2.45) is 0 Å². The van der Waals surface area contributed by atoms with Crippen LogP contribution in [0.3, 0.4) is 0 Å². The van der Waals surface area contributed by atoms with Crippen LogP contribution in [0, 0.1) is 0 Å². The van der Waals surface area contributed by atoms with Crippen LogP contribution in [0.2, 0.25) is 0 Å². The fourth-order valence-corrected chi connectivity index (χ4v) is 4.58. The lowest BCUT2D eigenvalue weighted by molar-refractivity contribution is -0.123. The number of amides is 1. The number of methoxy groups -OCH3 is 1. The Kier molecular flexibility index (Phi) is 5.36. The predicted octanol–water partition coefficient (Wildman–Crippen LogP) is 4.71. The van der Waals surface area contributed by atoms with E-state index in [9.17, 15) is 9.59 Å². The molecule has 0 radical (unpaired) electrons. The Morgan fingerprint density at radius 2 is 1.76 bits per heavy atom. The maximum Gasteiger partial charge on any atom is 0.349 e. The summed E-state index contributed by atoms with van der Waals surface area (Å²) in [5.74, 6) is -0.344. The van der Waals surface area contributed by atoms with Gasteiger partial charge in [-0.2, -0.15) is 0 Å². The van der Waals surface area contributed by atoms with E-state index in [0.29, 0.717) is 16.3 Å². The number of carbonyl (C=O) groups excluding carboxylic acids is 2. The summed E-state index contributed by atoms with van der Waals surface area (Å²) >= 11 is 1.42. The third-order valence-electron chi connectivity index (χ3n) is 4.95. The van der Waals surface area contributed by atoms with E-state index in [1.807, 2.05) is 24.3 Å². The molecule has 1 aliphatic rings. The number of rotatable bonds is 5. The van der Waals surface area contributed by atoms with Crippen molar-refractivity contribution in [2.75, 3.05) is 12.4 Å². The minimum atomic E-state index is -0.932. The molecule has 148 valence electrons. The zero-order valence-corrected chi connectivity index (χ0v) is 17.0. The molecule has 4 rings (SSSR count). The summed E-state index contributed by atoms with van der Waals surface area (Å²) in [5, 5.41) is 2.74. The van der Waals surface area contributed by atoms with Crippen molar-refractivity contribution >= 4 is 28.9 Å². The van der Waals surface area contributed by atoms with Gasteiger partial charge in [-0.05, 0) is 54.7 Å². The Bertz CT molecular complexity index is 1070. The molecule has 29 heavy (non-hydrogen) atoms. The van der Waals surface area contributed by atoms with Crippen LogP contribution in [0.25, 0.3) is 10.4 Å². The number of para-hydroxylation sites is 2. The smallest absolute Gasteiger partial charge is 0.349 e. The summed E-state index contributed by atoms with van der Waals surface area (Å²) in [7, 11) is 1.53. The van der Waals surface area contributed by atoms with Gasteiger partial charge in [0.05, 0.1) is 12.8 Å². The zero-order valence-electron chi connectivity index (χ0n) is 16.2. The molecule has 0 saturated heterocycles. The number of ether oxygens (including phenoxy) is 2. The van der Waals surface area contributed by atoms with E-state index in [1.54, 1.807) is 25.1 Å². The van der Waals surface area contributed by atoms with Gasteiger partial charge in [-0.3, -0.25) is 4.79 Å². The number of hydrogen-bond donors (Lipinski definition) is 1. The van der Waals surface area contributed by atoms with Crippen LogP contribution < -0.4 is 10.1 Å². The van der Waals surface area contributed by atoms with Crippen LogP contribution in [-0.4, -0.2) is 25.1 Å². The molecule has 0 bridgehead atoms. The Morgan fingerprint density at radius 1 is 1.03 bits per heavy atom. The quantitative estimate of drug-likeness (QED) is 0.623. The molecule has 2 aromatic carbocycles. The summed E-state index contributed by atoms with van der Waals surface area (Å²) < 4.78 is 10.7. The maximum atomic E-state index is 12.6. The van der Waals surface area contributed by atoms with Gasteiger partial charge in [-0.1, -0.05) is 36.4 Å². The van der Waals surface area contributed by atoms with Gasteiger partial charge in [0.1, 0.15) is 10.6 Å². The van der Waals surface area contributed by atoms with Gasteiger partial charge in [0.25, 0.3) is 5.91 Å². The molecule has 0 fully saturated rings. The molecule has 1 N–H and O–H groups in total. The zero-order chi connectivity index (χ0) is 20.4.